The molecule has 0 unspecified atom stereocenters. The highest BCUT2D eigenvalue weighted by Gasteiger charge is 2.31. The van der Waals surface area contributed by atoms with Crippen LogP contribution in [0.25, 0.3) is 22.6 Å². The van der Waals surface area contributed by atoms with Gasteiger partial charge in [0.25, 0.3) is 0 Å². The van der Waals surface area contributed by atoms with Crippen molar-refractivity contribution in [1.29, 1.82) is 0 Å². The molecular weight excluding hydrogens is 488 g/mol. The molecule has 1 aromatic carbocycles. The van der Waals surface area contributed by atoms with Gasteiger partial charge in [-0.1, -0.05) is 0 Å². The molecule has 5 rings (SSSR count). The molecule has 1 aliphatic heterocycles. The molecule has 0 saturated carbocycles. The second-order valence-electron chi connectivity index (χ2n) is 8.72. The van der Waals surface area contributed by atoms with Crippen molar-refractivity contribution >= 4 is 27.0 Å². The fourth-order valence-corrected chi connectivity index (χ4v) is 5.62. The third kappa shape index (κ3) is 3.82. The second-order valence-corrected chi connectivity index (χ2v) is 10.8. The van der Waals surface area contributed by atoms with Crippen LogP contribution in [0, 0.1) is 0 Å². The van der Waals surface area contributed by atoms with Gasteiger partial charge >= 0.3 is 5.76 Å². The number of carbonyl (C=O) groups excluding carboxylic acids is 1. The van der Waals surface area contributed by atoms with E-state index < -0.39 is 15.8 Å². The minimum atomic E-state index is -4.00. The van der Waals surface area contributed by atoms with E-state index in [-0.39, 0.29) is 22.9 Å². The molecule has 3 aromatic heterocycles. The molecule has 0 fully saturated rings. The summed E-state index contributed by atoms with van der Waals surface area (Å²) < 4.78 is 37.4. The van der Waals surface area contributed by atoms with Gasteiger partial charge in [0.2, 0.25) is 15.9 Å². The molecule has 0 spiro atoms. The van der Waals surface area contributed by atoms with Crippen molar-refractivity contribution in [3.8, 4) is 11.5 Å². The Morgan fingerprint density at radius 3 is 2.78 bits per heavy atom. The molecule has 4 heterocycles. The lowest BCUT2D eigenvalue weighted by Crippen LogP contribution is -2.43. The summed E-state index contributed by atoms with van der Waals surface area (Å²) in [5, 5.41) is 12.8. The Balaban J connectivity index is 1.36. The van der Waals surface area contributed by atoms with Crippen LogP contribution < -0.4 is 5.76 Å². The SMILES string of the molecule is CCn1cnnc1-c1nn(C)c2c1CN(C(=O)CN(C)S(=O)(=O)c1ccc3c(c1)oc(=O)n3C)CC2. The smallest absolute Gasteiger partial charge is 0.408 e. The predicted molar refractivity (Wildman–Crippen MR) is 128 cm³/mol. The van der Waals surface area contributed by atoms with E-state index in [1.807, 2.05) is 18.5 Å². The van der Waals surface area contributed by atoms with Crippen molar-refractivity contribution in [3.63, 3.8) is 0 Å². The molecule has 1 aliphatic rings. The molecule has 0 radical (unpaired) electrons. The molecule has 0 aliphatic carbocycles. The van der Waals surface area contributed by atoms with Crippen LogP contribution in [-0.4, -0.2) is 72.8 Å². The summed E-state index contributed by atoms with van der Waals surface area (Å²) in [5.41, 5.74) is 3.21. The summed E-state index contributed by atoms with van der Waals surface area (Å²) in [7, 11) is 0.752. The molecule has 13 nitrogen and oxygen atoms in total. The van der Waals surface area contributed by atoms with Crippen LogP contribution in [0.5, 0.6) is 0 Å². The van der Waals surface area contributed by atoms with Gasteiger partial charge in [-0.15, -0.1) is 10.2 Å². The van der Waals surface area contributed by atoms with Gasteiger partial charge in [0, 0.05) is 64.5 Å². The second kappa shape index (κ2) is 8.71. The predicted octanol–water partition coefficient (Wildman–Crippen LogP) is 0.349. The van der Waals surface area contributed by atoms with Crippen molar-refractivity contribution in [2.75, 3.05) is 20.1 Å². The van der Waals surface area contributed by atoms with Crippen molar-refractivity contribution in [1.82, 2.24) is 38.3 Å². The number of aromatic nitrogens is 6. The number of hydrogen-bond acceptors (Lipinski definition) is 8. The van der Waals surface area contributed by atoms with Gasteiger partial charge in [-0.25, -0.2) is 13.2 Å². The fourth-order valence-electron chi connectivity index (χ4n) is 4.48. The molecule has 4 aromatic rings. The average Bonchev–Trinajstić information content (AvgIpc) is 3.54. The number of carbonyl (C=O) groups is 1. The van der Waals surface area contributed by atoms with E-state index in [9.17, 15) is 18.0 Å². The summed E-state index contributed by atoms with van der Waals surface area (Å²) in [4.78, 5) is 26.5. The van der Waals surface area contributed by atoms with E-state index in [0.717, 1.165) is 15.6 Å². The minimum absolute atomic E-state index is 0.0611. The summed E-state index contributed by atoms with van der Waals surface area (Å²) >= 11 is 0. The van der Waals surface area contributed by atoms with Crippen molar-refractivity contribution in [2.24, 2.45) is 14.1 Å². The zero-order valence-electron chi connectivity index (χ0n) is 20.4. The lowest BCUT2D eigenvalue weighted by atomic mass is 10.0. The summed E-state index contributed by atoms with van der Waals surface area (Å²) in [6.45, 7) is 3.06. The first-order valence-electron chi connectivity index (χ1n) is 11.4. The van der Waals surface area contributed by atoms with Crippen molar-refractivity contribution in [2.45, 2.75) is 31.3 Å². The van der Waals surface area contributed by atoms with Crippen molar-refractivity contribution in [3.05, 3.63) is 46.3 Å². The number of nitrogens with zero attached hydrogens (tertiary/aromatic N) is 8. The third-order valence-electron chi connectivity index (χ3n) is 6.59. The number of amides is 1. The number of sulfonamides is 1. The lowest BCUT2D eigenvalue weighted by molar-refractivity contribution is -0.132. The number of likely N-dealkylation sites (N-methyl/N-ethyl adjacent to an activating group) is 1. The monoisotopic (exact) mass is 514 g/mol. The van der Waals surface area contributed by atoms with Gasteiger partial charge in [0.1, 0.15) is 12.0 Å². The van der Waals surface area contributed by atoms with Crippen LogP contribution in [0.1, 0.15) is 18.2 Å². The molecule has 190 valence electrons. The minimum Gasteiger partial charge on any atom is -0.408 e. The highest BCUT2D eigenvalue weighted by atomic mass is 32.2. The normalized spacial score (nSPS) is 14.1. The number of rotatable bonds is 6. The molecule has 0 bridgehead atoms. The first kappa shape index (κ1) is 23.9. The highest BCUT2D eigenvalue weighted by Crippen LogP contribution is 2.29. The lowest BCUT2D eigenvalue weighted by Gasteiger charge is -2.29. The Kier molecular flexibility index (Phi) is 5.79. The zero-order valence-corrected chi connectivity index (χ0v) is 21.2. The van der Waals surface area contributed by atoms with E-state index in [2.05, 4.69) is 15.3 Å². The zero-order chi connectivity index (χ0) is 25.8. The Bertz CT molecular complexity index is 1640. The number of aryl methyl sites for hydroxylation is 3. The molecule has 0 saturated heterocycles. The van der Waals surface area contributed by atoms with Crippen LogP contribution in [0.2, 0.25) is 0 Å². The maximum atomic E-state index is 13.2. The van der Waals surface area contributed by atoms with E-state index in [1.54, 1.807) is 15.9 Å². The van der Waals surface area contributed by atoms with Gasteiger partial charge in [-0.2, -0.15) is 9.40 Å². The van der Waals surface area contributed by atoms with E-state index in [4.69, 9.17) is 4.42 Å². The number of benzene rings is 1. The molecule has 0 N–H and O–H groups in total. The van der Waals surface area contributed by atoms with Crippen molar-refractivity contribution < 1.29 is 17.6 Å². The number of hydrogen-bond donors (Lipinski definition) is 0. The van der Waals surface area contributed by atoms with Gasteiger partial charge in [0.15, 0.2) is 11.4 Å². The van der Waals surface area contributed by atoms with Crippen LogP contribution >= 0.6 is 0 Å². The van der Waals surface area contributed by atoms with Gasteiger partial charge in [-0.3, -0.25) is 14.0 Å². The summed E-state index contributed by atoms with van der Waals surface area (Å²) in [6, 6.07) is 4.20. The van der Waals surface area contributed by atoms with Gasteiger partial charge in [-0.05, 0) is 19.1 Å². The molecule has 14 heteroatoms. The Morgan fingerprint density at radius 1 is 1.25 bits per heavy atom. The first-order chi connectivity index (χ1) is 17.1. The maximum Gasteiger partial charge on any atom is 0.419 e. The van der Waals surface area contributed by atoms with Crippen LogP contribution in [0.3, 0.4) is 0 Å². The van der Waals surface area contributed by atoms with E-state index in [1.165, 1.54) is 36.9 Å². The summed E-state index contributed by atoms with van der Waals surface area (Å²) in [6.07, 6.45) is 2.23. The number of fused-ring (bicyclic) bond motifs is 2. The molecular formula is C22H26N8O5S. The largest absolute Gasteiger partial charge is 0.419 e. The van der Waals surface area contributed by atoms with Gasteiger partial charge < -0.3 is 13.9 Å². The first-order valence-corrected chi connectivity index (χ1v) is 12.8. The standard InChI is InChI=1S/C22H26N8O5S/c1-5-29-13-23-24-21(29)20-15-11-30(9-8-16(15)28(4)25-20)19(31)12-26(2)36(33,34)14-6-7-17-18(10-14)35-22(32)27(17)3/h6-7,10,13H,5,8-9,11-12H2,1-4H3. The Morgan fingerprint density at radius 2 is 2.03 bits per heavy atom. The molecule has 36 heavy (non-hydrogen) atoms. The average molecular weight is 515 g/mol. The molecule has 1 amide bonds. The fraction of sp³-hybridized carbons (Fsp3) is 0.409. The quantitative estimate of drug-likeness (QED) is 0.359. The topological polar surface area (TPSA) is 141 Å². The number of oxazole rings is 1. The molecule has 0 atom stereocenters. The third-order valence-corrected chi connectivity index (χ3v) is 8.39. The van der Waals surface area contributed by atoms with E-state index in [0.29, 0.717) is 43.1 Å². The van der Waals surface area contributed by atoms with Crippen LogP contribution in [0.15, 0.2) is 38.6 Å². The summed E-state index contributed by atoms with van der Waals surface area (Å²) in [5.74, 6) is -0.281. The van der Waals surface area contributed by atoms with Crippen LogP contribution in [-0.2, 0) is 48.4 Å². The van der Waals surface area contributed by atoms with Crippen LogP contribution in [0.4, 0.5) is 0 Å². The Hall–Kier alpha value is -3.78. The van der Waals surface area contributed by atoms with E-state index >= 15 is 0 Å². The van der Waals surface area contributed by atoms with Gasteiger partial charge in [0.05, 0.1) is 17.0 Å². The maximum absolute atomic E-state index is 13.2. The highest BCUT2D eigenvalue weighted by molar-refractivity contribution is 7.89. The Labute approximate surface area is 206 Å².